The topological polar surface area (TPSA) is 103 Å². The van der Waals surface area contributed by atoms with Crippen molar-refractivity contribution in [3.8, 4) is 0 Å². The number of amides is 1. The van der Waals surface area contributed by atoms with Crippen LogP contribution in [0.15, 0.2) is 33.8 Å². The fourth-order valence-electron chi connectivity index (χ4n) is 1.74. The van der Waals surface area contributed by atoms with Crippen molar-refractivity contribution in [2.45, 2.75) is 25.9 Å². The maximum absolute atomic E-state index is 11.2. The molecule has 0 aliphatic rings. The van der Waals surface area contributed by atoms with Crippen molar-refractivity contribution >= 4 is 45.1 Å². The summed E-state index contributed by atoms with van der Waals surface area (Å²) in [7, 11) is 0. The number of primary amides is 1. The number of rotatable bonds is 5. The van der Waals surface area contributed by atoms with Gasteiger partial charge in [0.25, 0.3) is 0 Å². The first-order chi connectivity index (χ1) is 9.78. The quantitative estimate of drug-likeness (QED) is 0.417. The van der Waals surface area contributed by atoms with Crippen LogP contribution in [0.25, 0.3) is 0 Å². The van der Waals surface area contributed by atoms with Gasteiger partial charge < -0.3 is 16.2 Å². The number of nitrogens with one attached hydrogen (secondary N) is 1. The number of benzene rings is 1. The van der Waals surface area contributed by atoms with Gasteiger partial charge in [-0.25, -0.2) is 4.79 Å². The number of hydrogen-bond acceptors (Lipinski definition) is 4. The minimum absolute atomic E-state index is 0.0139. The van der Waals surface area contributed by atoms with Gasteiger partial charge in [-0.3, -0.25) is 5.43 Å². The third kappa shape index (κ3) is 4.98. The highest BCUT2D eigenvalue weighted by molar-refractivity contribution is 9.10. The Morgan fingerprint density at radius 3 is 2.67 bits per heavy atom. The number of carbonyl (C=O) groups is 1. The summed E-state index contributed by atoms with van der Waals surface area (Å²) in [4.78, 5) is 11.2. The molecule has 0 spiro atoms. The maximum Gasteiger partial charge on any atom is 0.405 e. The van der Waals surface area contributed by atoms with Crippen molar-refractivity contribution in [3.63, 3.8) is 0 Å². The van der Waals surface area contributed by atoms with E-state index in [0.717, 1.165) is 10.0 Å². The lowest BCUT2D eigenvalue weighted by atomic mass is 9.91. The average molecular weight is 373 g/mol. The first kappa shape index (κ1) is 17.4. The molecule has 6 nitrogen and oxygen atoms in total. The Kier molecular flexibility index (Phi) is 6.10. The highest BCUT2D eigenvalue weighted by Gasteiger charge is 2.34. The fourth-order valence-corrected chi connectivity index (χ4v) is 2.19. The molecule has 114 valence electrons. The van der Waals surface area contributed by atoms with Gasteiger partial charge in [0, 0.05) is 10.0 Å². The Morgan fingerprint density at radius 2 is 2.19 bits per heavy atom. The molecule has 0 aliphatic heterocycles. The standard InChI is InChI=1S/C13H17BrN4O2S/c1-3-13(2,20-12(16)19)10(17-18-11(15)21)8-5-4-6-9(14)7-8/h4-7H,3H2,1-2H3,(H2,16,19)(H3,15,18,21). The monoisotopic (exact) mass is 372 g/mol. The summed E-state index contributed by atoms with van der Waals surface area (Å²) >= 11 is 8.15. The number of ether oxygens (including phenoxy) is 1. The highest BCUT2D eigenvalue weighted by Crippen LogP contribution is 2.24. The highest BCUT2D eigenvalue weighted by atomic mass is 79.9. The number of hydrazone groups is 1. The molecule has 1 amide bonds. The second-order valence-corrected chi connectivity index (χ2v) is 5.81. The summed E-state index contributed by atoms with van der Waals surface area (Å²) < 4.78 is 6.11. The smallest absolute Gasteiger partial charge is 0.405 e. The minimum atomic E-state index is -1.01. The first-order valence-electron chi connectivity index (χ1n) is 6.16. The van der Waals surface area contributed by atoms with Crippen LogP contribution in [-0.4, -0.2) is 22.5 Å². The third-order valence-electron chi connectivity index (χ3n) is 2.88. The second-order valence-electron chi connectivity index (χ2n) is 4.45. The molecule has 0 fully saturated rings. The molecule has 0 bridgehead atoms. The summed E-state index contributed by atoms with van der Waals surface area (Å²) in [5.74, 6) is 0. The predicted octanol–water partition coefficient (Wildman–Crippen LogP) is 2.25. The van der Waals surface area contributed by atoms with Gasteiger partial charge in [0.15, 0.2) is 10.7 Å². The van der Waals surface area contributed by atoms with Gasteiger partial charge in [0.1, 0.15) is 5.71 Å². The van der Waals surface area contributed by atoms with Gasteiger partial charge in [-0.2, -0.15) is 5.10 Å². The summed E-state index contributed by atoms with van der Waals surface area (Å²) in [5.41, 5.74) is 13.3. The van der Waals surface area contributed by atoms with Crippen LogP contribution in [0.5, 0.6) is 0 Å². The molecule has 0 aliphatic carbocycles. The van der Waals surface area contributed by atoms with E-state index in [9.17, 15) is 4.79 Å². The Morgan fingerprint density at radius 1 is 1.52 bits per heavy atom. The van der Waals surface area contributed by atoms with Crippen molar-refractivity contribution in [1.82, 2.24) is 5.43 Å². The van der Waals surface area contributed by atoms with E-state index in [2.05, 4.69) is 26.5 Å². The zero-order chi connectivity index (χ0) is 16.0. The van der Waals surface area contributed by atoms with Crippen LogP contribution in [0, 0.1) is 0 Å². The van der Waals surface area contributed by atoms with Crippen molar-refractivity contribution < 1.29 is 9.53 Å². The lowest BCUT2D eigenvalue weighted by Gasteiger charge is -2.29. The SMILES string of the molecule is CCC(C)(OC(N)=O)C(=NNC(N)=S)c1cccc(Br)c1. The van der Waals surface area contributed by atoms with Crippen LogP contribution >= 0.6 is 28.1 Å². The average Bonchev–Trinajstić information content (AvgIpc) is 2.37. The third-order valence-corrected chi connectivity index (χ3v) is 3.46. The van der Waals surface area contributed by atoms with E-state index in [1.807, 2.05) is 31.2 Å². The molecule has 1 rings (SSSR count). The van der Waals surface area contributed by atoms with E-state index in [1.165, 1.54) is 0 Å². The number of halogens is 1. The Hall–Kier alpha value is -1.67. The lowest BCUT2D eigenvalue weighted by molar-refractivity contribution is 0.0780. The number of thiocarbonyl (C=S) groups is 1. The Labute approximate surface area is 137 Å². The number of hydrogen-bond donors (Lipinski definition) is 3. The van der Waals surface area contributed by atoms with Gasteiger partial charge >= 0.3 is 6.09 Å². The molecule has 1 aromatic rings. The van der Waals surface area contributed by atoms with E-state index in [4.69, 9.17) is 28.4 Å². The molecule has 0 heterocycles. The molecular weight excluding hydrogens is 356 g/mol. The van der Waals surface area contributed by atoms with E-state index >= 15 is 0 Å². The summed E-state index contributed by atoms with van der Waals surface area (Å²) in [6, 6.07) is 7.40. The van der Waals surface area contributed by atoms with Crippen LogP contribution in [0.4, 0.5) is 4.79 Å². The predicted molar refractivity (Wildman–Crippen MR) is 90.0 cm³/mol. The number of nitrogens with zero attached hydrogens (tertiary/aromatic N) is 1. The van der Waals surface area contributed by atoms with E-state index < -0.39 is 11.7 Å². The lowest BCUT2D eigenvalue weighted by Crippen LogP contribution is -2.43. The molecular formula is C13H17BrN4O2S. The number of carbonyl (C=O) groups excluding carboxylic acids is 1. The van der Waals surface area contributed by atoms with Crippen LogP contribution < -0.4 is 16.9 Å². The van der Waals surface area contributed by atoms with Crippen LogP contribution in [0.1, 0.15) is 25.8 Å². The molecule has 5 N–H and O–H groups in total. The van der Waals surface area contributed by atoms with Crippen molar-refractivity contribution in [2.24, 2.45) is 16.6 Å². The fraction of sp³-hybridized carbons (Fsp3) is 0.308. The summed E-state index contributed by atoms with van der Waals surface area (Å²) in [5, 5.41) is 4.19. The van der Waals surface area contributed by atoms with Crippen molar-refractivity contribution in [2.75, 3.05) is 0 Å². The minimum Gasteiger partial charge on any atom is -0.437 e. The normalized spacial score (nSPS) is 14.1. The van der Waals surface area contributed by atoms with Gasteiger partial charge in [-0.1, -0.05) is 35.0 Å². The molecule has 0 radical (unpaired) electrons. The summed E-state index contributed by atoms with van der Waals surface area (Å²) in [6.07, 6.45) is -0.405. The molecule has 8 heteroatoms. The molecule has 1 unspecified atom stereocenters. The van der Waals surface area contributed by atoms with Gasteiger partial charge in [-0.05, 0) is 37.7 Å². The van der Waals surface area contributed by atoms with E-state index in [-0.39, 0.29) is 5.11 Å². The maximum atomic E-state index is 11.2. The van der Waals surface area contributed by atoms with Crippen molar-refractivity contribution in [3.05, 3.63) is 34.3 Å². The van der Waals surface area contributed by atoms with Gasteiger partial charge in [0.2, 0.25) is 0 Å². The van der Waals surface area contributed by atoms with Crippen LogP contribution in [0.3, 0.4) is 0 Å². The van der Waals surface area contributed by atoms with Crippen molar-refractivity contribution in [1.29, 1.82) is 0 Å². The largest absolute Gasteiger partial charge is 0.437 e. The zero-order valence-corrected chi connectivity index (χ0v) is 14.1. The van der Waals surface area contributed by atoms with Crippen LogP contribution in [0.2, 0.25) is 0 Å². The molecule has 0 aromatic heterocycles. The zero-order valence-electron chi connectivity index (χ0n) is 11.7. The first-order valence-corrected chi connectivity index (χ1v) is 7.36. The van der Waals surface area contributed by atoms with Gasteiger partial charge in [0.05, 0.1) is 0 Å². The Bertz CT molecular complexity index is 579. The molecule has 1 aromatic carbocycles. The molecule has 0 saturated heterocycles. The molecule has 1 atom stereocenters. The van der Waals surface area contributed by atoms with E-state index in [1.54, 1.807) is 6.92 Å². The summed E-state index contributed by atoms with van der Waals surface area (Å²) in [6.45, 7) is 3.58. The molecule has 21 heavy (non-hydrogen) atoms. The number of nitrogens with two attached hydrogens (primary N) is 2. The second kappa shape index (κ2) is 7.37. The van der Waals surface area contributed by atoms with Gasteiger partial charge in [-0.15, -0.1) is 0 Å². The Balaban J connectivity index is 3.33. The van der Waals surface area contributed by atoms with Crippen LogP contribution in [-0.2, 0) is 4.74 Å². The van der Waals surface area contributed by atoms with E-state index in [0.29, 0.717) is 12.1 Å². The molecule has 0 saturated carbocycles.